The smallest absolute Gasteiger partial charge is 0.174 e. The van der Waals surface area contributed by atoms with Gasteiger partial charge in [-0.1, -0.05) is 12.1 Å². The van der Waals surface area contributed by atoms with Crippen molar-refractivity contribution < 1.29 is 9.47 Å². The molecule has 2 aromatic carbocycles. The fraction of sp³-hybridized carbons (Fsp3) is 0.174. The number of nitrogens with zero attached hydrogens (tertiary/aromatic N) is 5. The summed E-state index contributed by atoms with van der Waals surface area (Å²) in [5.74, 6) is 1.41. The topological polar surface area (TPSA) is 66.5 Å². The lowest BCUT2D eigenvalue weighted by Crippen LogP contribution is -1.98. The summed E-state index contributed by atoms with van der Waals surface area (Å²) in [6.07, 6.45) is 5.68. The number of methoxy groups -OCH3 is 2. The van der Waals surface area contributed by atoms with Crippen LogP contribution in [0, 0.1) is 0 Å². The number of benzene rings is 2. The number of fused-ring (bicyclic) bond motifs is 2. The van der Waals surface area contributed by atoms with Crippen molar-refractivity contribution in [1.29, 1.82) is 0 Å². The van der Waals surface area contributed by atoms with Crippen LogP contribution < -0.4 is 9.47 Å². The van der Waals surface area contributed by atoms with Crippen LogP contribution in [0.5, 0.6) is 11.5 Å². The lowest BCUT2D eigenvalue weighted by atomic mass is 10.1. The summed E-state index contributed by atoms with van der Waals surface area (Å²) in [4.78, 5) is 5.52. The van der Waals surface area contributed by atoms with Gasteiger partial charge in [0.05, 0.1) is 42.2 Å². The van der Waals surface area contributed by atoms with E-state index < -0.39 is 0 Å². The minimum Gasteiger partial charge on any atom is -0.493 e. The van der Waals surface area contributed by atoms with E-state index in [0.717, 1.165) is 49.7 Å². The zero-order valence-electron chi connectivity index (χ0n) is 17.7. The minimum atomic E-state index is 0.684. The highest BCUT2D eigenvalue weighted by Crippen LogP contribution is 2.40. The molecular weight excluding hydrogens is 410 g/mol. The molecule has 3 heterocycles. The van der Waals surface area contributed by atoms with Crippen molar-refractivity contribution in [1.82, 2.24) is 24.4 Å². The molecule has 0 bridgehead atoms. The number of rotatable bonds is 5. The molecule has 0 aliphatic heterocycles. The van der Waals surface area contributed by atoms with Gasteiger partial charge in [-0.3, -0.25) is 4.68 Å². The number of hydrogen-bond donors (Lipinski definition) is 0. The van der Waals surface area contributed by atoms with Crippen molar-refractivity contribution >= 4 is 28.3 Å². The summed E-state index contributed by atoms with van der Waals surface area (Å²) < 4.78 is 14.9. The monoisotopic (exact) mass is 431 g/mol. The largest absolute Gasteiger partial charge is 0.493 e. The van der Waals surface area contributed by atoms with Crippen LogP contribution in [0.4, 0.5) is 0 Å². The van der Waals surface area contributed by atoms with Gasteiger partial charge >= 0.3 is 0 Å². The maximum Gasteiger partial charge on any atom is 0.174 e. The van der Waals surface area contributed by atoms with E-state index in [1.165, 1.54) is 0 Å². The van der Waals surface area contributed by atoms with Crippen molar-refractivity contribution in [3.63, 3.8) is 0 Å². The lowest BCUT2D eigenvalue weighted by molar-refractivity contribution is 0.348. The maximum atomic E-state index is 5.58. The van der Waals surface area contributed by atoms with Crippen LogP contribution in [0.25, 0.3) is 39.1 Å². The highest BCUT2D eigenvalue weighted by Gasteiger charge is 2.16. The van der Waals surface area contributed by atoms with E-state index in [1.54, 1.807) is 32.2 Å². The van der Waals surface area contributed by atoms with Crippen LogP contribution in [0.15, 0.2) is 59.8 Å². The molecule has 31 heavy (non-hydrogen) atoms. The van der Waals surface area contributed by atoms with Gasteiger partial charge in [0.25, 0.3) is 0 Å². The van der Waals surface area contributed by atoms with Crippen LogP contribution in [0.2, 0.25) is 0 Å². The van der Waals surface area contributed by atoms with Crippen LogP contribution in [-0.4, -0.2) is 44.9 Å². The third kappa shape index (κ3) is 3.19. The van der Waals surface area contributed by atoms with Crippen LogP contribution in [0.3, 0.4) is 0 Å². The molecule has 0 aliphatic rings. The Balaban J connectivity index is 1.68. The summed E-state index contributed by atoms with van der Waals surface area (Å²) in [6.45, 7) is 0. The Bertz CT molecular complexity index is 1400. The summed E-state index contributed by atoms with van der Waals surface area (Å²) in [5, 5.41) is 10.3. The first-order valence-electron chi connectivity index (χ1n) is 9.70. The predicted octanol–water partition coefficient (Wildman–Crippen LogP) is 4.69. The van der Waals surface area contributed by atoms with Gasteiger partial charge in [0.2, 0.25) is 0 Å². The summed E-state index contributed by atoms with van der Waals surface area (Å²) in [6, 6.07) is 14.2. The first-order chi connectivity index (χ1) is 15.1. The molecule has 0 saturated carbocycles. The lowest BCUT2D eigenvalue weighted by Gasteiger charge is -2.14. The first-order valence-corrected chi connectivity index (χ1v) is 10.9. The quantitative estimate of drug-likeness (QED) is 0.376. The molecule has 0 spiro atoms. The van der Waals surface area contributed by atoms with Gasteiger partial charge in [-0.05, 0) is 30.5 Å². The second kappa shape index (κ2) is 7.63. The number of aromatic nitrogens is 5. The molecule has 0 N–H and O–H groups in total. The number of aryl methyl sites for hydroxylation is 1. The Morgan fingerprint density at radius 2 is 1.84 bits per heavy atom. The molecular formula is C23H21N5O2S. The Kier molecular flexibility index (Phi) is 4.78. The molecule has 5 aromatic rings. The molecule has 0 atom stereocenters. The van der Waals surface area contributed by atoms with E-state index in [9.17, 15) is 0 Å². The molecule has 5 rings (SSSR count). The molecule has 3 aromatic heterocycles. The van der Waals surface area contributed by atoms with Gasteiger partial charge in [0, 0.05) is 35.8 Å². The van der Waals surface area contributed by atoms with E-state index in [0.29, 0.717) is 5.75 Å². The molecule has 7 nitrogen and oxygen atoms in total. The predicted molar refractivity (Wildman–Crippen MR) is 123 cm³/mol. The summed E-state index contributed by atoms with van der Waals surface area (Å²) in [5.41, 5.74) is 5.61. The second-order valence-electron chi connectivity index (χ2n) is 7.09. The molecule has 0 radical (unpaired) electrons. The average molecular weight is 432 g/mol. The molecule has 0 unspecified atom stereocenters. The van der Waals surface area contributed by atoms with Crippen molar-refractivity contribution in [2.45, 2.75) is 4.90 Å². The van der Waals surface area contributed by atoms with Crippen LogP contribution in [0.1, 0.15) is 0 Å². The minimum absolute atomic E-state index is 0.684. The van der Waals surface area contributed by atoms with Gasteiger partial charge in [0.15, 0.2) is 17.1 Å². The zero-order chi connectivity index (χ0) is 21.5. The molecule has 156 valence electrons. The normalized spacial score (nSPS) is 11.4. The maximum absolute atomic E-state index is 5.58. The van der Waals surface area contributed by atoms with E-state index in [4.69, 9.17) is 14.6 Å². The molecule has 0 amide bonds. The number of thioether (sulfide) groups is 1. The fourth-order valence-corrected chi connectivity index (χ4v) is 4.40. The van der Waals surface area contributed by atoms with Crippen molar-refractivity contribution in [2.24, 2.45) is 7.05 Å². The molecule has 0 fully saturated rings. The van der Waals surface area contributed by atoms with Gasteiger partial charge in [-0.2, -0.15) is 10.2 Å². The average Bonchev–Trinajstić information content (AvgIpc) is 3.41. The zero-order valence-corrected chi connectivity index (χ0v) is 18.5. The number of hydrogen-bond acceptors (Lipinski definition) is 6. The molecule has 0 saturated heterocycles. The standard InChI is InChI=1S/C23H21N5O2S/c1-27-19-9-14(5-6-15(19)13-25-27)17-12-22-24-8-7-18(28(22)26-17)16-10-20(29-2)23(30-3)21(11-16)31-4/h5-13H,1-4H3. The van der Waals surface area contributed by atoms with E-state index >= 15 is 0 Å². The third-order valence-electron chi connectivity index (χ3n) is 5.36. The summed E-state index contributed by atoms with van der Waals surface area (Å²) >= 11 is 1.61. The number of ether oxygens (including phenoxy) is 2. The molecule has 8 heteroatoms. The van der Waals surface area contributed by atoms with E-state index in [2.05, 4.69) is 34.3 Å². The molecule has 0 aliphatic carbocycles. The van der Waals surface area contributed by atoms with Crippen molar-refractivity contribution in [3.8, 4) is 34.0 Å². The Hall–Kier alpha value is -3.52. The highest BCUT2D eigenvalue weighted by molar-refractivity contribution is 7.98. The van der Waals surface area contributed by atoms with Crippen molar-refractivity contribution in [3.05, 3.63) is 54.9 Å². The summed E-state index contributed by atoms with van der Waals surface area (Å²) in [7, 11) is 5.24. The SMILES string of the molecule is COc1cc(-c2ccnc3cc(-c4ccc5cnn(C)c5c4)nn23)cc(SC)c1OC. The van der Waals surface area contributed by atoms with Gasteiger partial charge < -0.3 is 9.47 Å². The van der Waals surface area contributed by atoms with E-state index in [-0.39, 0.29) is 0 Å². The Morgan fingerprint density at radius 1 is 0.968 bits per heavy atom. The van der Waals surface area contributed by atoms with Crippen LogP contribution in [-0.2, 0) is 7.05 Å². The van der Waals surface area contributed by atoms with Gasteiger partial charge in [0.1, 0.15) is 0 Å². The third-order valence-corrected chi connectivity index (χ3v) is 6.11. The van der Waals surface area contributed by atoms with E-state index in [1.807, 2.05) is 46.9 Å². The van der Waals surface area contributed by atoms with Gasteiger partial charge in [-0.15, -0.1) is 11.8 Å². The Labute approximate surface area is 183 Å². The Morgan fingerprint density at radius 3 is 2.61 bits per heavy atom. The van der Waals surface area contributed by atoms with Crippen molar-refractivity contribution in [2.75, 3.05) is 20.5 Å². The first kappa shape index (κ1) is 19.4. The van der Waals surface area contributed by atoms with Gasteiger partial charge in [-0.25, -0.2) is 9.50 Å². The fourth-order valence-electron chi connectivity index (χ4n) is 3.79. The van der Waals surface area contributed by atoms with Crippen LogP contribution >= 0.6 is 11.8 Å². The second-order valence-corrected chi connectivity index (χ2v) is 7.93. The highest BCUT2D eigenvalue weighted by atomic mass is 32.2.